The predicted molar refractivity (Wildman–Crippen MR) is 88.1 cm³/mol. The molecule has 0 spiro atoms. The van der Waals surface area contributed by atoms with E-state index in [-0.39, 0.29) is 18.2 Å². The Labute approximate surface area is 140 Å². The third-order valence-corrected chi connectivity index (χ3v) is 5.30. The van der Waals surface area contributed by atoms with Crippen LogP contribution in [-0.2, 0) is 16.0 Å². The summed E-state index contributed by atoms with van der Waals surface area (Å²) in [7, 11) is -1.62. The Morgan fingerprint density at radius 2 is 2.17 bits per heavy atom. The van der Waals surface area contributed by atoms with Gasteiger partial charge in [-0.15, -0.1) is 0 Å². The molecule has 1 amide bonds. The summed E-state index contributed by atoms with van der Waals surface area (Å²) in [6.07, 6.45) is 5.56. The molecule has 2 aliphatic rings. The molecule has 2 fully saturated rings. The number of fused-ring (bicyclic) bond motifs is 3. The lowest BCUT2D eigenvalue weighted by Crippen LogP contribution is -2.54. The summed E-state index contributed by atoms with van der Waals surface area (Å²) in [6.45, 7) is 0. The molecule has 2 bridgehead atoms. The van der Waals surface area contributed by atoms with E-state index in [2.05, 4.69) is 0 Å². The van der Waals surface area contributed by atoms with Gasteiger partial charge in [-0.25, -0.2) is 0 Å². The molecule has 2 aromatic rings. The van der Waals surface area contributed by atoms with Crippen LogP contribution in [0.1, 0.15) is 24.8 Å². The minimum Gasteiger partial charge on any atom is -0.464 e. The second-order valence-corrected chi connectivity index (χ2v) is 6.67. The fourth-order valence-corrected chi connectivity index (χ4v) is 4.11. The third kappa shape index (κ3) is 2.62. The van der Waals surface area contributed by atoms with E-state index in [0.717, 1.165) is 42.2 Å². The highest BCUT2D eigenvalue weighted by Crippen LogP contribution is 2.38. The molecule has 2 aliphatic heterocycles. The van der Waals surface area contributed by atoms with Gasteiger partial charge in [0.2, 0.25) is 6.41 Å². The monoisotopic (exact) mass is 329 g/mol. The zero-order valence-corrected chi connectivity index (χ0v) is 13.2. The van der Waals surface area contributed by atoms with Crippen LogP contribution >= 0.6 is 0 Å². The molecule has 3 heterocycles. The number of carbonyl (C=O) groups excluding carboxylic acids is 1. The standard InChI is InChI=1S/C17H20BNO5/c20-10-19(14-8-12-5-6-16(14)24-12)17(18(21)22)7-11-9-23-15-4-2-1-3-13(11)15/h1-4,9-10,12,14,16-17,21-22H,5-8H2/t12-,14+,16+,17+/m0/s1. The number of rotatable bonds is 6. The van der Waals surface area contributed by atoms with Gasteiger partial charge in [-0.2, -0.15) is 0 Å². The molecule has 1 aromatic heterocycles. The number of hydrogen-bond acceptors (Lipinski definition) is 5. The maximum atomic E-state index is 11.7. The minimum absolute atomic E-state index is 0.00236. The summed E-state index contributed by atoms with van der Waals surface area (Å²) in [5, 5.41) is 20.7. The lowest BCUT2D eigenvalue weighted by Gasteiger charge is -2.35. The van der Waals surface area contributed by atoms with Crippen LogP contribution in [0.2, 0.25) is 0 Å². The van der Waals surface area contributed by atoms with Gasteiger partial charge in [-0.05, 0) is 37.3 Å². The second kappa shape index (κ2) is 6.24. The van der Waals surface area contributed by atoms with Crippen LogP contribution in [0, 0.1) is 0 Å². The van der Waals surface area contributed by atoms with Gasteiger partial charge in [-0.1, -0.05) is 18.2 Å². The van der Waals surface area contributed by atoms with Gasteiger partial charge in [0.15, 0.2) is 0 Å². The molecule has 0 aliphatic carbocycles. The van der Waals surface area contributed by atoms with Crippen molar-refractivity contribution in [3.63, 3.8) is 0 Å². The molecule has 4 rings (SSSR count). The zero-order valence-electron chi connectivity index (χ0n) is 13.2. The van der Waals surface area contributed by atoms with Crippen molar-refractivity contribution >= 4 is 24.5 Å². The Kier molecular flexibility index (Phi) is 4.08. The van der Waals surface area contributed by atoms with Gasteiger partial charge in [-0.3, -0.25) is 4.79 Å². The molecule has 7 heteroatoms. The first-order valence-electron chi connectivity index (χ1n) is 8.37. The van der Waals surface area contributed by atoms with Crippen LogP contribution in [0.5, 0.6) is 0 Å². The lowest BCUT2D eigenvalue weighted by molar-refractivity contribution is -0.122. The number of furan rings is 1. The first kappa shape index (κ1) is 15.7. The SMILES string of the molecule is O=CN([C@H](Cc1coc2ccccc12)B(O)O)[C@@H]1C[C@@H]2CC[C@H]1O2. The highest BCUT2D eigenvalue weighted by atomic mass is 16.5. The number of ether oxygens (including phenoxy) is 1. The molecule has 0 unspecified atom stereocenters. The minimum atomic E-state index is -1.62. The molecular formula is C17H20BNO5. The summed E-state index contributed by atoms with van der Waals surface area (Å²) in [4.78, 5) is 13.3. The summed E-state index contributed by atoms with van der Waals surface area (Å²) in [5.74, 6) is -0.726. The van der Waals surface area contributed by atoms with E-state index < -0.39 is 13.1 Å². The fraction of sp³-hybridized carbons (Fsp3) is 0.471. The average molecular weight is 329 g/mol. The molecule has 2 saturated heterocycles. The number of benzene rings is 1. The molecule has 24 heavy (non-hydrogen) atoms. The fourth-order valence-electron chi connectivity index (χ4n) is 4.11. The maximum absolute atomic E-state index is 11.7. The van der Waals surface area contributed by atoms with Crippen molar-refractivity contribution in [1.29, 1.82) is 0 Å². The Morgan fingerprint density at radius 3 is 2.83 bits per heavy atom. The van der Waals surface area contributed by atoms with Crippen molar-refractivity contribution in [1.82, 2.24) is 4.90 Å². The molecule has 2 N–H and O–H groups in total. The Hall–Kier alpha value is -1.83. The van der Waals surface area contributed by atoms with Crippen molar-refractivity contribution in [2.75, 3.05) is 0 Å². The molecular weight excluding hydrogens is 309 g/mol. The van der Waals surface area contributed by atoms with Gasteiger partial charge in [0, 0.05) is 5.39 Å². The maximum Gasteiger partial charge on any atom is 0.476 e. The molecule has 0 saturated carbocycles. The highest BCUT2D eigenvalue weighted by molar-refractivity contribution is 6.43. The molecule has 0 radical (unpaired) electrons. The van der Waals surface area contributed by atoms with E-state index in [1.807, 2.05) is 24.3 Å². The van der Waals surface area contributed by atoms with Crippen LogP contribution in [-0.4, -0.2) is 52.7 Å². The van der Waals surface area contributed by atoms with Crippen LogP contribution in [0.4, 0.5) is 0 Å². The van der Waals surface area contributed by atoms with E-state index in [0.29, 0.717) is 6.42 Å². The van der Waals surface area contributed by atoms with E-state index in [4.69, 9.17) is 9.15 Å². The number of nitrogens with zero attached hydrogens (tertiary/aromatic N) is 1. The number of carbonyl (C=O) groups is 1. The van der Waals surface area contributed by atoms with E-state index >= 15 is 0 Å². The Morgan fingerprint density at radius 1 is 1.33 bits per heavy atom. The summed E-state index contributed by atoms with van der Waals surface area (Å²) in [6, 6.07) is 7.50. The van der Waals surface area contributed by atoms with Crippen LogP contribution in [0.3, 0.4) is 0 Å². The van der Waals surface area contributed by atoms with Crippen LogP contribution in [0.25, 0.3) is 11.0 Å². The van der Waals surface area contributed by atoms with Gasteiger partial charge in [0.05, 0.1) is 30.5 Å². The molecule has 6 nitrogen and oxygen atoms in total. The average Bonchev–Trinajstić information content (AvgIpc) is 3.30. The number of amides is 1. The van der Waals surface area contributed by atoms with Crippen molar-refractivity contribution < 1.29 is 24.0 Å². The topological polar surface area (TPSA) is 83.1 Å². The first-order chi connectivity index (χ1) is 11.7. The normalized spacial score (nSPS) is 26.7. The number of hydrogen-bond donors (Lipinski definition) is 2. The first-order valence-corrected chi connectivity index (χ1v) is 8.37. The van der Waals surface area contributed by atoms with Crippen LogP contribution in [0.15, 0.2) is 34.9 Å². The van der Waals surface area contributed by atoms with E-state index in [1.54, 1.807) is 6.26 Å². The van der Waals surface area contributed by atoms with Crippen molar-refractivity contribution in [3.8, 4) is 0 Å². The largest absolute Gasteiger partial charge is 0.476 e. The quantitative estimate of drug-likeness (QED) is 0.613. The van der Waals surface area contributed by atoms with E-state index in [9.17, 15) is 14.8 Å². The molecule has 126 valence electrons. The van der Waals surface area contributed by atoms with Crippen LogP contribution < -0.4 is 0 Å². The smallest absolute Gasteiger partial charge is 0.464 e. The molecule has 1 aromatic carbocycles. The Bertz CT molecular complexity index is 733. The van der Waals surface area contributed by atoms with Crippen molar-refractivity contribution in [2.45, 2.75) is 49.9 Å². The summed E-state index contributed by atoms with van der Waals surface area (Å²) in [5.41, 5.74) is 1.61. The highest BCUT2D eigenvalue weighted by Gasteiger charge is 2.46. The van der Waals surface area contributed by atoms with E-state index in [1.165, 1.54) is 4.90 Å². The van der Waals surface area contributed by atoms with Crippen molar-refractivity contribution in [3.05, 3.63) is 36.1 Å². The predicted octanol–water partition coefficient (Wildman–Crippen LogP) is 1.13. The van der Waals surface area contributed by atoms with Gasteiger partial charge in [0.25, 0.3) is 0 Å². The van der Waals surface area contributed by atoms with Gasteiger partial charge < -0.3 is 24.1 Å². The number of para-hydroxylation sites is 1. The summed E-state index contributed by atoms with van der Waals surface area (Å²) >= 11 is 0. The van der Waals surface area contributed by atoms with Gasteiger partial charge in [0.1, 0.15) is 5.58 Å². The van der Waals surface area contributed by atoms with Crippen molar-refractivity contribution in [2.24, 2.45) is 0 Å². The van der Waals surface area contributed by atoms with Gasteiger partial charge >= 0.3 is 7.12 Å². The third-order valence-electron chi connectivity index (χ3n) is 5.30. The second-order valence-electron chi connectivity index (χ2n) is 6.67. The summed E-state index contributed by atoms with van der Waals surface area (Å²) < 4.78 is 11.3. The zero-order chi connectivity index (χ0) is 16.7. The molecule has 4 atom stereocenters. The Balaban J connectivity index is 1.60. The lowest BCUT2D eigenvalue weighted by atomic mass is 9.73.